The first kappa shape index (κ1) is 15.4. The number of rotatable bonds is 4. The maximum Gasteiger partial charge on any atom is 0.333 e. The van der Waals surface area contributed by atoms with Gasteiger partial charge in [-0.25, -0.2) is 4.79 Å². The third-order valence-electron chi connectivity index (χ3n) is 1.08. The summed E-state index contributed by atoms with van der Waals surface area (Å²) in [5, 5.41) is 0. The highest BCUT2D eigenvalue weighted by Crippen LogP contribution is 1.94. The van der Waals surface area contributed by atoms with Gasteiger partial charge in [0.15, 0.2) is 0 Å². The summed E-state index contributed by atoms with van der Waals surface area (Å²) < 4.78 is 4.81. The van der Waals surface area contributed by atoms with Gasteiger partial charge in [0.2, 0.25) is 0 Å². The van der Waals surface area contributed by atoms with Crippen molar-refractivity contribution in [3.8, 4) is 0 Å². The molecule has 0 spiro atoms. The van der Waals surface area contributed by atoms with Crippen molar-refractivity contribution in [1.29, 1.82) is 0 Å². The molecule has 0 aromatic carbocycles. The monoisotopic (exact) mass is 198 g/mol. The number of unbranched alkanes of at least 4 members (excludes halogenated alkanes) is 1. The van der Waals surface area contributed by atoms with Crippen LogP contribution in [0.25, 0.3) is 0 Å². The summed E-state index contributed by atoms with van der Waals surface area (Å²) in [6, 6.07) is 0. The summed E-state index contributed by atoms with van der Waals surface area (Å²) in [5.41, 5.74) is 1.64. The summed E-state index contributed by atoms with van der Waals surface area (Å²) >= 11 is 0. The Morgan fingerprint density at radius 2 is 1.64 bits per heavy atom. The smallest absolute Gasteiger partial charge is 0.333 e. The molecule has 0 N–H and O–H groups in total. The van der Waals surface area contributed by atoms with Crippen LogP contribution in [0.3, 0.4) is 0 Å². The van der Waals surface area contributed by atoms with Crippen LogP contribution >= 0.6 is 0 Å². The maximum absolute atomic E-state index is 10.7. The van der Waals surface area contributed by atoms with Crippen molar-refractivity contribution in [2.24, 2.45) is 0 Å². The predicted molar refractivity (Wildman–Crippen MR) is 61.2 cm³/mol. The number of carbonyl (C=O) groups is 1. The Bertz CT molecular complexity index is 188. The highest BCUT2D eigenvalue weighted by molar-refractivity contribution is 5.86. The first-order chi connectivity index (χ1) is 6.41. The van der Waals surface area contributed by atoms with E-state index in [0.29, 0.717) is 12.2 Å². The highest BCUT2D eigenvalue weighted by atomic mass is 16.5. The van der Waals surface area contributed by atoms with Crippen molar-refractivity contribution in [2.75, 3.05) is 6.61 Å². The zero-order chi connectivity index (χ0) is 11.6. The van der Waals surface area contributed by atoms with Crippen LogP contribution in [0.4, 0.5) is 0 Å². The molecule has 0 atom stereocenters. The average Bonchev–Trinajstić information content (AvgIpc) is 2.03. The van der Waals surface area contributed by atoms with Gasteiger partial charge >= 0.3 is 5.97 Å². The fraction of sp³-hybridized carbons (Fsp3) is 0.583. The second kappa shape index (κ2) is 10.0. The molecule has 0 aromatic heterocycles. The Kier molecular flexibility index (Phi) is 11.1. The molecule has 0 saturated heterocycles. The molecule has 0 aromatic rings. The fourth-order valence-corrected chi connectivity index (χ4v) is 0.432. The number of ether oxygens (including phenoxy) is 1. The first-order valence-electron chi connectivity index (χ1n) is 4.86. The lowest BCUT2D eigenvalue weighted by Crippen LogP contribution is -2.05. The molecule has 0 bridgehead atoms. The van der Waals surface area contributed by atoms with E-state index in [2.05, 4.69) is 20.1 Å². The molecule has 0 fully saturated rings. The Labute approximate surface area is 87.7 Å². The molecule has 0 aliphatic carbocycles. The second-order valence-corrected chi connectivity index (χ2v) is 3.48. The highest BCUT2D eigenvalue weighted by Gasteiger charge is 2.00. The van der Waals surface area contributed by atoms with E-state index < -0.39 is 0 Å². The van der Waals surface area contributed by atoms with Gasteiger partial charge in [-0.15, -0.1) is 6.58 Å². The first-order valence-corrected chi connectivity index (χ1v) is 4.86. The van der Waals surface area contributed by atoms with Gasteiger partial charge in [0.25, 0.3) is 0 Å². The van der Waals surface area contributed by atoms with E-state index in [0.717, 1.165) is 12.8 Å². The molecule has 0 aliphatic rings. The third kappa shape index (κ3) is 17.2. The van der Waals surface area contributed by atoms with Gasteiger partial charge < -0.3 is 4.74 Å². The van der Waals surface area contributed by atoms with Crippen LogP contribution in [0, 0.1) is 0 Å². The topological polar surface area (TPSA) is 26.3 Å². The van der Waals surface area contributed by atoms with Gasteiger partial charge in [0.1, 0.15) is 0 Å². The molecule has 0 amide bonds. The Morgan fingerprint density at radius 1 is 1.21 bits per heavy atom. The molecule has 0 aliphatic heterocycles. The Hall–Kier alpha value is -1.05. The molecule has 14 heavy (non-hydrogen) atoms. The largest absolute Gasteiger partial charge is 0.462 e. The lowest BCUT2D eigenvalue weighted by Gasteiger charge is -2.01. The van der Waals surface area contributed by atoms with Crippen molar-refractivity contribution in [2.45, 2.75) is 40.5 Å². The minimum absolute atomic E-state index is 0.284. The van der Waals surface area contributed by atoms with Crippen LogP contribution in [0.1, 0.15) is 40.5 Å². The minimum atomic E-state index is -0.284. The zero-order valence-corrected chi connectivity index (χ0v) is 9.85. The lowest BCUT2D eigenvalue weighted by molar-refractivity contribution is -0.139. The molecule has 0 heterocycles. The predicted octanol–water partition coefficient (Wildman–Crippen LogP) is 3.49. The van der Waals surface area contributed by atoms with Crippen molar-refractivity contribution >= 4 is 5.97 Å². The molecular weight excluding hydrogens is 176 g/mol. The van der Waals surface area contributed by atoms with Gasteiger partial charge in [-0.2, -0.15) is 0 Å². The third-order valence-corrected chi connectivity index (χ3v) is 1.08. The van der Waals surface area contributed by atoms with Crippen molar-refractivity contribution in [3.05, 3.63) is 24.3 Å². The molecular formula is C12H22O2. The SMILES string of the molecule is C=C(C)C.C=C(C)C(=O)OCCCC. The minimum Gasteiger partial charge on any atom is -0.462 e. The summed E-state index contributed by atoms with van der Waals surface area (Å²) in [6.45, 7) is 15.2. The number of carbonyl (C=O) groups excluding carboxylic acids is 1. The van der Waals surface area contributed by atoms with Crippen LogP contribution in [0.2, 0.25) is 0 Å². The van der Waals surface area contributed by atoms with Crippen LogP contribution < -0.4 is 0 Å². The van der Waals surface area contributed by atoms with E-state index in [1.807, 2.05) is 13.8 Å². The lowest BCUT2D eigenvalue weighted by atomic mass is 10.3. The summed E-state index contributed by atoms with van der Waals surface area (Å²) in [7, 11) is 0. The summed E-state index contributed by atoms with van der Waals surface area (Å²) in [5.74, 6) is -0.284. The zero-order valence-electron chi connectivity index (χ0n) is 9.85. The Morgan fingerprint density at radius 3 is 1.93 bits per heavy atom. The second-order valence-electron chi connectivity index (χ2n) is 3.48. The maximum atomic E-state index is 10.7. The quantitative estimate of drug-likeness (QED) is 0.299. The van der Waals surface area contributed by atoms with E-state index in [1.165, 1.54) is 5.57 Å². The van der Waals surface area contributed by atoms with Crippen LogP contribution in [0.5, 0.6) is 0 Å². The number of allylic oxidation sites excluding steroid dienone is 1. The van der Waals surface area contributed by atoms with Crippen LogP contribution in [-0.2, 0) is 9.53 Å². The van der Waals surface area contributed by atoms with E-state index in [1.54, 1.807) is 6.92 Å². The molecule has 0 unspecified atom stereocenters. The number of hydrogen-bond acceptors (Lipinski definition) is 2. The van der Waals surface area contributed by atoms with E-state index in [-0.39, 0.29) is 5.97 Å². The van der Waals surface area contributed by atoms with Crippen molar-refractivity contribution in [1.82, 2.24) is 0 Å². The van der Waals surface area contributed by atoms with E-state index in [9.17, 15) is 4.79 Å². The van der Waals surface area contributed by atoms with Gasteiger partial charge in [-0.05, 0) is 27.2 Å². The van der Waals surface area contributed by atoms with E-state index >= 15 is 0 Å². The van der Waals surface area contributed by atoms with Crippen LogP contribution in [-0.4, -0.2) is 12.6 Å². The fourth-order valence-electron chi connectivity index (χ4n) is 0.432. The van der Waals surface area contributed by atoms with Gasteiger partial charge in [0, 0.05) is 5.57 Å². The molecule has 0 radical (unpaired) electrons. The van der Waals surface area contributed by atoms with Gasteiger partial charge in [0.05, 0.1) is 6.61 Å². The number of hydrogen-bond donors (Lipinski definition) is 0. The van der Waals surface area contributed by atoms with Gasteiger partial charge in [-0.3, -0.25) is 0 Å². The molecule has 2 heteroatoms. The standard InChI is InChI=1S/C8H14O2.C4H8/c1-4-5-6-10-8(9)7(2)3;1-4(2)3/h2,4-6H2,1,3H3;1H2,2-3H3. The molecule has 0 saturated carbocycles. The van der Waals surface area contributed by atoms with Gasteiger partial charge in [-0.1, -0.05) is 25.5 Å². The van der Waals surface area contributed by atoms with Crippen molar-refractivity contribution < 1.29 is 9.53 Å². The normalized spacial score (nSPS) is 8.29. The molecule has 0 rings (SSSR count). The van der Waals surface area contributed by atoms with Crippen molar-refractivity contribution in [3.63, 3.8) is 0 Å². The summed E-state index contributed by atoms with van der Waals surface area (Å²) in [4.78, 5) is 10.7. The van der Waals surface area contributed by atoms with Crippen LogP contribution in [0.15, 0.2) is 24.3 Å². The molecule has 82 valence electrons. The Balaban J connectivity index is 0. The average molecular weight is 198 g/mol. The number of esters is 1. The van der Waals surface area contributed by atoms with E-state index in [4.69, 9.17) is 4.74 Å². The summed E-state index contributed by atoms with van der Waals surface area (Å²) in [6.07, 6.45) is 1.97. The molecule has 2 nitrogen and oxygen atoms in total.